The summed E-state index contributed by atoms with van der Waals surface area (Å²) in [7, 11) is 1.54. The zero-order valence-electron chi connectivity index (χ0n) is 17.3. The van der Waals surface area contributed by atoms with E-state index in [1.54, 1.807) is 35.2 Å². The van der Waals surface area contributed by atoms with Crippen LogP contribution in [0.3, 0.4) is 0 Å². The number of aromatic nitrogens is 1. The third kappa shape index (κ3) is 4.09. The topological polar surface area (TPSA) is 119 Å². The predicted molar refractivity (Wildman–Crippen MR) is 117 cm³/mol. The lowest BCUT2D eigenvalue weighted by Gasteiger charge is -2.17. The van der Waals surface area contributed by atoms with Crippen LogP contribution >= 0.6 is 0 Å². The molecule has 1 saturated heterocycles. The number of carbonyl (C=O) groups excluding carboxylic acids is 2. The summed E-state index contributed by atoms with van der Waals surface area (Å²) in [6.07, 6.45) is 1.74. The number of nitrogens with zero attached hydrogens (tertiary/aromatic N) is 3. The van der Waals surface area contributed by atoms with Crippen LogP contribution < -0.4 is 20.1 Å². The second kappa shape index (κ2) is 8.78. The molecule has 1 unspecified atom stereocenters. The highest BCUT2D eigenvalue weighted by Gasteiger charge is 2.33. The first-order valence-electron chi connectivity index (χ1n) is 9.91. The van der Waals surface area contributed by atoms with Gasteiger partial charge in [0.25, 0.3) is 0 Å². The lowest BCUT2D eigenvalue weighted by molar-refractivity contribution is -0.117. The monoisotopic (exact) mass is 428 g/mol. The average molecular weight is 428 g/mol. The van der Waals surface area contributed by atoms with Crippen LogP contribution in [0.25, 0.3) is 0 Å². The summed E-state index contributed by atoms with van der Waals surface area (Å²) in [5.41, 5.74) is 6.93. The van der Waals surface area contributed by atoms with Crippen LogP contribution in [0.5, 0.6) is 17.2 Å². The average Bonchev–Trinajstić information content (AvgIpc) is 3.21. The van der Waals surface area contributed by atoms with Gasteiger partial charge in [-0.15, -0.1) is 0 Å². The number of amides is 2. The van der Waals surface area contributed by atoms with Crippen molar-refractivity contribution in [2.75, 3.05) is 18.6 Å². The number of pyridine rings is 1. The molecule has 0 spiro atoms. The van der Waals surface area contributed by atoms with Crippen molar-refractivity contribution in [1.82, 2.24) is 4.98 Å². The van der Waals surface area contributed by atoms with Gasteiger partial charge in [-0.3, -0.25) is 14.5 Å². The molecule has 0 radical (unpaired) electrons. The fourth-order valence-electron chi connectivity index (χ4n) is 3.67. The second-order valence-corrected chi connectivity index (χ2v) is 7.29. The number of methoxy groups -OCH3 is 1. The van der Waals surface area contributed by atoms with Gasteiger partial charge in [-0.25, -0.2) is 4.98 Å². The van der Waals surface area contributed by atoms with Crippen molar-refractivity contribution in [1.29, 1.82) is 5.26 Å². The van der Waals surface area contributed by atoms with Crippen molar-refractivity contribution in [2.24, 2.45) is 5.73 Å². The number of primary amides is 1. The molecular formula is C24H20N4O4. The van der Waals surface area contributed by atoms with E-state index in [2.05, 4.69) is 11.1 Å². The molecule has 2 aromatic carbocycles. The Morgan fingerprint density at radius 1 is 1.16 bits per heavy atom. The number of nitrogens with two attached hydrogens (primary N) is 1. The van der Waals surface area contributed by atoms with E-state index >= 15 is 0 Å². The standard InChI is InChI=1S/C24H20N4O4/c1-31-20-7-6-15(10-21(20)32-19-5-3-2-4-17(19)13-25)18-12-23(29)28(14-18)22-11-16(24(26)30)8-9-27-22/h2-11,18H,12,14H2,1H3,(H2,26,30). The van der Waals surface area contributed by atoms with Gasteiger partial charge in [0.05, 0.1) is 12.7 Å². The number of benzene rings is 2. The fraction of sp³-hybridized carbons (Fsp3) is 0.167. The quantitative estimate of drug-likeness (QED) is 0.643. The van der Waals surface area contributed by atoms with Gasteiger partial charge in [-0.2, -0.15) is 5.26 Å². The van der Waals surface area contributed by atoms with Gasteiger partial charge in [0, 0.05) is 30.6 Å². The Bertz CT molecular complexity index is 1230. The highest BCUT2D eigenvalue weighted by Crippen LogP contribution is 2.38. The Morgan fingerprint density at radius 3 is 2.72 bits per heavy atom. The van der Waals surface area contributed by atoms with E-state index in [0.717, 1.165) is 5.56 Å². The molecule has 3 aromatic rings. The van der Waals surface area contributed by atoms with Crippen molar-refractivity contribution in [2.45, 2.75) is 12.3 Å². The number of rotatable bonds is 6. The Kier molecular flexibility index (Phi) is 5.73. The highest BCUT2D eigenvalue weighted by atomic mass is 16.5. The maximum atomic E-state index is 12.7. The molecule has 1 aliphatic rings. The summed E-state index contributed by atoms with van der Waals surface area (Å²) in [4.78, 5) is 29.9. The molecule has 0 aliphatic carbocycles. The van der Waals surface area contributed by atoms with Crippen molar-refractivity contribution < 1.29 is 19.1 Å². The van der Waals surface area contributed by atoms with Crippen molar-refractivity contribution in [3.63, 3.8) is 0 Å². The molecule has 160 valence electrons. The maximum Gasteiger partial charge on any atom is 0.248 e. The molecule has 4 rings (SSSR count). The predicted octanol–water partition coefficient (Wildman–Crippen LogP) is 3.37. The molecule has 2 amide bonds. The molecule has 2 N–H and O–H groups in total. The largest absolute Gasteiger partial charge is 0.493 e. The first-order valence-corrected chi connectivity index (χ1v) is 9.91. The van der Waals surface area contributed by atoms with E-state index in [4.69, 9.17) is 15.2 Å². The third-order valence-electron chi connectivity index (χ3n) is 5.32. The summed E-state index contributed by atoms with van der Waals surface area (Å²) in [6.45, 7) is 0.397. The van der Waals surface area contributed by atoms with Gasteiger partial charge in [0.15, 0.2) is 11.5 Å². The van der Waals surface area contributed by atoms with E-state index < -0.39 is 5.91 Å². The summed E-state index contributed by atoms with van der Waals surface area (Å²) < 4.78 is 11.4. The van der Waals surface area contributed by atoms with Crippen LogP contribution in [-0.4, -0.2) is 30.5 Å². The zero-order chi connectivity index (χ0) is 22.7. The number of anilines is 1. The number of para-hydroxylation sites is 1. The van der Waals surface area contributed by atoms with Crippen molar-refractivity contribution >= 4 is 17.6 Å². The van der Waals surface area contributed by atoms with Crippen LogP contribution in [0, 0.1) is 11.3 Å². The molecule has 1 atom stereocenters. The number of hydrogen-bond acceptors (Lipinski definition) is 6. The molecule has 8 nitrogen and oxygen atoms in total. The summed E-state index contributed by atoms with van der Waals surface area (Å²) >= 11 is 0. The summed E-state index contributed by atoms with van der Waals surface area (Å²) in [5.74, 6) is 0.986. The number of ether oxygens (including phenoxy) is 2. The van der Waals surface area contributed by atoms with Crippen LogP contribution in [0.15, 0.2) is 60.8 Å². The molecule has 32 heavy (non-hydrogen) atoms. The highest BCUT2D eigenvalue weighted by molar-refractivity contribution is 5.98. The molecule has 0 bridgehead atoms. The van der Waals surface area contributed by atoms with Gasteiger partial charge < -0.3 is 15.2 Å². The van der Waals surface area contributed by atoms with Gasteiger partial charge in [-0.05, 0) is 42.0 Å². The molecule has 1 aromatic heterocycles. The first-order chi connectivity index (χ1) is 15.5. The molecule has 1 aliphatic heterocycles. The third-order valence-corrected chi connectivity index (χ3v) is 5.32. The van der Waals surface area contributed by atoms with E-state index in [0.29, 0.717) is 40.7 Å². The number of nitriles is 1. The molecule has 2 heterocycles. The van der Waals surface area contributed by atoms with Crippen LogP contribution in [0.4, 0.5) is 5.82 Å². The Morgan fingerprint density at radius 2 is 1.97 bits per heavy atom. The van der Waals surface area contributed by atoms with Crippen molar-refractivity contribution in [3.8, 4) is 23.3 Å². The minimum absolute atomic E-state index is 0.0998. The zero-order valence-corrected chi connectivity index (χ0v) is 17.3. The minimum atomic E-state index is -0.577. The molecule has 1 fully saturated rings. The van der Waals surface area contributed by atoms with Gasteiger partial charge in [0.2, 0.25) is 11.8 Å². The normalized spacial score (nSPS) is 15.3. The van der Waals surface area contributed by atoms with Gasteiger partial charge in [-0.1, -0.05) is 18.2 Å². The van der Waals surface area contributed by atoms with Crippen LogP contribution in [-0.2, 0) is 4.79 Å². The van der Waals surface area contributed by atoms with E-state index in [1.807, 2.05) is 12.1 Å². The number of carbonyl (C=O) groups is 2. The van der Waals surface area contributed by atoms with Crippen LogP contribution in [0.2, 0.25) is 0 Å². The lowest BCUT2D eigenvalue weighted by Crippen LogP contribution is -2.26. The maximum absolute atomic E-state index is 12.7. The molecule has 8 heteroatoms. The lowest BCUT2D eigenvalue weighted by atomic mass is 9.98. The summed E-state index contributed by atoms with van der Waals surface area (Å²) in [6, 6.07) is 17.6. The molecule has 0 saturated carbocycles. The Labute approximate surface area is 184 Å². The van der Waals surface area contributed by atoms with Crippen LogP contribution in [0.1, 0.15) is 33.8 Å². The van der Waals surface area contributed by atoms with Gasteiger partial charge in [0.1, 0.15) is 17.6 Å². The van der Waals surface area contributed by atoms with E-state index in [-0.39, 0.29) is 18.2 Å². The van der Waals surface area contributed by atoms with Crippen molar-refractivity contribution in [3.05, 3.63) is 77.5 Å². The SMILES string of the molecule is COc1ccc(C2CC(=O)N(c3cc(C(N)=O)ccn3)C2)cc1Oc1ccccc1C#N. The first kappa shape index (κ1) is 20.9. The second-order valence-electron chi connectivity index (χ2n) is 7.29. The van der Waals surface area contributed by atoms with E-state index in [1.165, 1.54) is 25.4 Å². The molecular weight excluding hydrogens is 408 g/mol. The smallest absolute Gasteiger partial charge is 0.248 e. The fourth-order valence-corrected chi connectivity index (χ4v) is 3.67. The Hall–Kier alpha value is -4.38. The Balaban J connectivity index is 1.61. The van der Waals surface area contributed by atoms with Gasteiger partial charge >= 0.3 is 0 Å². The minimum Gasteiger partial charge on any atom is -0.493 e. The summed E-state index contributed by atoms with van der Waals surface area (Å²) in [5, 5.41) is 9.33. The van der Waals surface area contributed by atoms with E-state index in [9.17, 15) is 14.9 Å². The number of hydrogen-bond donors (Lipinski definition) is 1.